The maximum atomic E-state index is 4.33. The number of rotatable bonds is 4. The SMILES string of the molecule is c1ccc(-n2nnnc2CN2CCCCC2c2ncn[nH]2)cc1. The predicted octanol–water partition coefficient (Wildman–Crippen LogP) is 1.51. The second kappa shape index (κ2) is 6.25. The van der Waals surface area contributed by atoms with E-state index >= 15 is 0 Å². The number of H-pyrrole nitrogens is 1. The number of para-hydroxylation sites is 1. The molecule has 2 aromatic heterocycles. The van der Waals surface area contributed by atoms with Crippen molar-refractivity contribution in [3.63, 3.8) is 0 Å². The zero-order chi connectivity index (χ0) is 15.5. The van der Waals surface area contributed by atoms with Crippen LogP contribution < -0.4 is 0 Å². The zero-order valence-corrected chi connectivity index (χ0v) is 12.7. The van der Waals surface area contributed by atoms with E-state index in [0.29, 0.717) is 6.54 Å². The van der Waals surface area contributed by atoms with Crippen LogP contribution in [0.25, 0.3) is 5.69 Å². The van der Waals surface area contributed by atoms with Gasteiger partial charge in [0.1, 0.15) is 12.2 Å². The topological polar surface area (TPSA) is 88.4 Å². The maximum Gasteiger partial charge on any atom is 0.170 e. The molecule has 0 amide bonds. The number of benzene rings is 1. The van der Waals surface area contributed by atoms with Crippen molar-refractivity contribution in [1.29, 1.82) is 0 Å². The number of aromatic nitrogens is 7. The van der Waals surface area contributed by atoms with E-state index in [2.05, 4.69) is 35.6 Å². The zero-order valence-electron chi connectivity index (χ0n) is 12.7. The summed E-state index contributed by atoms with van der Waals surface area (Å²) in [5.41, 5.74) is 0.973. The highest BCUT2D eigenvalue weighted by Gasteiger charge is 2.27. The molecule has 0 aliphatic carbocycles. The Labute approximate surface area is 133 Å². The van der Waals surface area contributed by atoms with Gasteiger partial charge in [-0.25, -0.2) is 4.98 Å². The molecule has 1 aliphatic rings. The van der Waals surface area contributed by atoms with E-state index in [0.717, 1.165) is 30.3 Å². The number of nitrogens with zero attached hydrogens (tertiary/aromatic N) is 7. The molecule has 1 aromatic carbocycles. The number of piperidine rings is 1. The van der Waals surface area contributed by atoms with Crippen LogP contribution in [0.5, 0.6) is 0 Å². The highest BCUT2D eigenvalue weighted by atomic mass is 15.5. The quantitative estimate of drug-likeness (QED) is 0.786. The van der Waals surface area contributed by atoms with E-state index < -0.39 is 0 Å². The Morgan fingerprint density at radius 1 is 1.17 bits per heavy atom. The molecular weight excluding hydrogens is 292 g/mol. The van der Waals surface area contributed by atoms with Crippen LogP contribution in [0.1, 0.15) is 37.0 Å². The standard InChI is InChI=1S/C15H18N8/c1-2-6-12(7-3-1)23-14(18-20-21-23)10-22-9-5-4-8-13(22)15-16-11-17-19-15/h1-3,6-7,11,13H,4-5,8-10H2,(H,16,17,19). The lowest BCUT2D eigenvalue weighted by atomic mass is 10.0. The molecule has 1 unspecified atom stereocenters. The Morgan fingerprint density at radius 3 is 2.91 bits per heavy atom. The molecule has 0 saturated carbocycles. The van der Waals surface area contributed by atoms with Gasteiger partial charge in [0.05, 0.1) is 18.3 Å². The third-order valence-electron chi connectivity index (χ3n) is 4.24. The molecule has 1 saturated heterocycles. The molecule has 1 atom stereocenters. The van der Waals surface area contributed by atoms with Crippen molar-refractivity contribution in [1.82, 2.24) is 40.3 Å². The van der Waals surface area contributed by atoms with Gasteiger partial charge < -0.3 is 0 Å². The molecule has 1 N–H and O–H groups in total. The van der Waals surface area contributed by atoms with Gasteiger partial charge in [-0.05, 0) is 41.9 Å². The van der Waals surface area contributed by atoms with E-state index in [9.17, 15) is 0 Å². The number of nitrogens with one attached hydrogen (secondary N) is 1. The van der Waals surface area contributed by atoms with Gasteiger partial charge in [-0.1, -0.05) is 24.6 Å². The Hall–Kier alpha value is -2.61. The van der Waals surface area contributed by atoms with Gasteiger partial charge in [0.25, 0.3) is 0 Å². The molecule has 3 aromatic rings. The van der Waals surface area contributed by atoms with E-state index in [1.165, 1.54) is 12.8 Å². The minimum Gasteiger partial charge on any atom is -0.286 e. The number of aromatic amines is 1. The third-order valence-corrected chi connectivity index (χ3v) is 4.24. The lowest BCUT2D eigenvalue weighted by Crippen LogP contribution is -2.34. The van der Waals surface area contributed by atoms with Crippen LogP contribution in [-0.2, 0) is 6.54 Å². The van der Waals surface area contributed by atoms with Gasteiger partial charge in [-0.3, -0.25) is 10.00 Å². The molecule has 0 bridgehead atoms. The van der Waals surface area contributed by atoms with Gasteiger partial charge in [-0.15, -0.1) is 5.10 Å². The fraction of sp³-hybridized carbons (Fsp3) is 0.400. The summed E-state index contributed by atoms with van der Waals surface area (Å²) in [6, 6.07) is 10.2. The molecule has 1 fully saturated rings. The molecule has 8 nitrogen and oxygen atoms in total. The summed E-state index contributed by atoms with van der Waals surface area (Å²) >= 11 is 0. The summed E-state index contributed by atoms with van der Waals surface area (Å²) in [5, 5.41) is 19.2. The van der Waals surface area contributed by atoms with E-state index in [4.69, 9.17) is 0 Å². The highest BCUT2D eigenvalue weighted by Crippen LogP contribution is 2.29. The van der Waals surface area contributed by atoms with Crippen LogP contribution in [-0.4, -0.2) is 46.8 Å². The number of hydrogen-bond donors (Lipinski definition) is 1. The number of tetrazole rings is 1. The van der Waals surface area contributed by atoms with Crippen molar-refractivity contribution < 1.29 is 0 Å². The molecule has 118 valence electrons. The van der Waals surface area contributed by atoms with Crippen molar-refractivity contribution in [2.75, 3.05) is 6.54 Å². The van der Waals surface area contributed by atoms with Crippen LogP contribution in [0.4, 0.5) is 0 Å². The lowest BCUT2D eigenvalue weighted by molar-refractivity contribution is 0.129. The van der Waals surface area contributed by atoms with Gasteiger partial charge in [0, 0.05) is 0 Å². The van der Waals surface area contributed by atoms with Crippen LogP contribution in [0.15, 0.2) is 36.7 Å². The molecule has 3 heterocycles. The summed E-state index contributed by atoms with van der Waals surface area (Å²) in [6.07, 6.45) is 5.02. The van der Waals surface area contributed by atoms with Gasteiger partial charge in [-0.2, -0.15) is 9.78 Å². The predicted molar refractivity (Wildman–Crippen MR) is 82.5 cm³/mol. The van der Waals surface area contributed by atoms with E-state index in [1.54, 1.807) is 11.0 Å². The highest BCUT2D eigenvalue weighted by molar-refractivity contribution is 5.30. The molecule has 1 aliphatic heterocycles. The fourth-order valence-electron chi connectivity index (χ4n) is 3.12. The summed E-state index contributed by atoms with van der Waals surface area (Å²) in [5.74, 6) is 1.76. The first kappa shape index (κ1) is 14.0. The molecule has 23 heavy (non-hydrogen) atoms. The maximum absolute atomic E-state index is 4.33. The molecule has 0 spiro atoms. The lowest BCUT2D eigenvalue weighted by Gasteiger charge is -2.33. The number of likely N-dealkylation sites (tertiary alicyclic amines) is 1. The van der Waals surface area contributed by atoms with Gasteiger partial charge in [0.2, 0.25) is 0 Å². The largest absolute Gasteiger partial charge is 0.286 e. The van der Waals surface area contributed by atoms with Crippen LogP contribution in [0.2, 0.25) is 0 Å². The Bertz CT molecular complexity index is 736. The summed E-state index contributed by atoms with van der Waals surface area (Å²) in [4.78, 5) is 6.70. The summed E-state index contributed by atoms with van der Waals surface area (Å²) in [7, 11) is 0. The number of hydrogen-bond acceptors (Lipinski definition) is 6. The van der Waals surface area contributed by atoms with Crippen molar-refractivity contribution in [3.05, 3.63) is 48.3 Å². The summed E-state index contributed by atoms with van der Waals surface area (Å²) < 4.78 is 1.80. The Morgan fingerprint density at radius 2 is 2.09 bits per heavy atom. The average molecular weight is 310 g/mol. The monoisotopic (exact) mass is 310 g/mol. The first-order valence-corrected chi connectivity index (χ1v) is 7.84. The third kappa shape index (κ3) is 2.85. The van der Waals surface area contributed by atoms with Crippen LogP contribution >= 0.6 is 0 Å². The van der Waals surface area contributed by atoms with Crippen molar-refractivity contribution >= 4 is 0 Å². The van der Waals surface area contributed by atoms with E-state index in [1.807, 2.05) is 30.3 Å². The van der Waals surface area contributed by atoms with Gasteiger partial charge >= 0.3 is 0 Å². The molecule has 0 radical (unpaired) electrons. The minimum atomic E-state index is 0.243. The fourth-order valence-corrected chi connectivity index (χ4v) is 3.12. The first-order valence-electron chi connectivity index (χ1n) is 7.84. The second-order valence-electron chi connectivity index (χ2n) is 5.70. The smallest absolute Gasteiger partial charge is 0.170 e. The normalized spacial score (nSPS) is 19.0. The molecular formula is C15H18N8. The van der Waals surface area contributed by atoms with Crippen molar-refractivity contribution in [2.45, 2.75) is 31.8 Å². The second-order valence-corrected chi connectivity index (χ2v) is 5.70. The Kier molecular flexibility index (Phi) is 3.81. The van der Waals surface area contributed by atoms with E-state index in [-0.39, 0.29) is 6.04 Å². The minimum absolute atomic E-state index is 0.243. The van der Waals surface area contributed by atoms with Crippen molar-refractivity contribution in [2.24, 2.45) is 0 Å². The van der Waals surface area contributed by atoms with Crippen LogP contribution in [0, 0.1) is 0 Å². The molecule has 8 heteroatoms. The van der Waals surface area contributed by atoms with Crippen LogP contribution in [0.3, 0.4) is 0 Å². The molecule has 4 rings (SSSR count). The van der Waals surface area contributed by atoms with Crippen molar-refractivity contribution in [3.8, 4) is 5.69 Å². The Balaban J connectivity index is 1.59. The van der Waals surface area contributed by atoms with Gasteiger partial charge in [0.15, 0.2) is 5.82 Å². The average Bonchev–Trinajstić information content (AvgIpc) is 3.28. The summed E-state index contributed by atoms with van der Waals surface area (Å²) in [6.45, 7) is 1.69. The first-order chi connectivity index (χ1) is 11.4.